The molecule has 0 heterocycles. The minimum absolute atomic E-state index is 0.572. The molecule has 2 nitrogen and oxygen atoms in total. The van der Waals surface area contributed by atoms with E-state index in [2.05, 4.69) is 19.1 Å². The van der Waals surface area contributed by atoms with E-state index in [0.717, 1.165) is 24.2 Å². The second-order valence-corrected chi connectivity index (χ2v) is 4.24. The van der Waals surface area contributed by atoms with E-state index in [0.29, 0.717) is 4.99 Å². The highest BCUT2D eigenvalue weighted by Gasteiger charge is 2.04. The van der Waals surface area contributed by atoms with Crippen LogP contribution in [0.4, 0.5) is 0 Å². The first kappa shape index (κ1) is 12.0. The van der Waals surface area contributed by atoms with Crippen LogP contribution in [0.2, 0.25) is 0 Å². The summed E-state index contributed by atoms with van der Waals surface area (Å²) >= 11 is 4.87. The highest BCUT2D eigenvalue weighted by molar-refractivity contribution is 7.80. The minimum Gasteiger partial charge on any atom is -0.496 e. The van der Waals surface area contributed by atoms with E-state index in [1.807, 2.05) is 6.92 Å². The molecule has 0 spiro atoms. The highest BCUT2D eigenvalue weighted by atomic mass is 32.1. The molecule has 0 unspecified atom stereocenters. The summed E-state index contributed by atoms with van der Waals surface area (Å²) in [6.07, 6.45) is 1.67. The van der Waals surface area contributed by atoms with Crippen molar-refractivity contribution in [3.05, 3.63) is 28.8 Å². The van der Waals surface area contributed by atoms with Crippen LogP contribution in [0.5, 0.6) is 5.75 Å². The van der Waals surface area contributed by atoms with Crippen LogP contribution in [0.25, 0.3) is 0 Å². The van der Waals surface area contributed by atoms with Crippen LogP contribution in [0.3, 0.4) is 0 Å². The Morgan fingerprint density at radius 3 is 2.53 bits per heavy atom. The van der Waals surface area contributed by atoms with Gasteiger partial charge in [-0.15, -0.1) is 0 Å². The number of nitrogens with two attached hydrogens (primary N) is 1. The number of rotatable bonds is 4. The molecule has 0 aromatic heterocycles. The molecule has 1 aromatic carbocycles. The summed E-state index contributed by atoms with van der Waals surface area (Å²) in [6.45, 7) is 4.12. The lowest BCUT2D eigenvalue weighted by Gasteiger charge is -2.10. The van der Waals surface area contributed by atoms with Gasteiger partial charge in [-0.25, -0.2) is 0 Å². The zero-order valence-electron chi connectivity index (χ0n) is 9.46. The van der Waals surface area contributed by atoms with Crippen molar-refractivity contribution < 1.29 is 4.74 Å². The Morgan fingerprint density at radius 2 is 2.00 bits per heavy atom. The third kappa shape index (κ3) is 3.20. The van der Waals surface area contributed by atoms with Gasteiger partial charge in [0, 0.05) is 6.42 Å². The molecule has 1 rings (SSSR count). The van der Waals surface area contributed by atoms with Gasteiger partial charge in [0.05, 0.1) is 12.1 Å². The van der Waals surface area contributed by atoms with Gasteiger partial charge in [-0.1, -0.05) is 18.3 Å². The number of thiocarbonyl (C=S) groups is 1. The quantitative estimate of drug-likeness (QED) is 0.797. The molecule has 3 heteroatoms. The molecule has 1 aromatic rings. The van der Waals surface area contributed by atoms with Crippen molar-refractivity contribution in [2.45, 2.75) is 26.7 Å². The standard InChI is InChI=1S/C12H17NOS/c1-8-7-11(14-3)9(2)6-10(8)4-5-12(13)15/h6-7H,4-5H2,1-3H3,(H2,13,15). The average molecular weight is 223 g/mol. The number of ether oxygens (including phenoxy) is 1. The highest BCUT2D eigenvalue weighted by Crippen LogP contribution is 2.23. The monoisotopic (exact) mass is 223 g/mol. The summed E-state index contributed by atoms with van der Waals surface area (Å²) in [6, 6.07) is 4.21. The van der Waals surface area contributed by atoms with Crippen LogP contribution in [0, 0.1) is 13.8 Å². The molecule has 0 saturated heterocycles. The Hall–Kier alpha value is -1.09. The fourth-order valence-electron chi connectivity index (χ4n) is 1.60. The van der Waals surface area contributed by atoms with Crippen LogP contribution >= 0.6 is 12.2 Å². The summed E-state index contributed by atoms with van der Waals surface area (Å²) < 4.78 is 5.26. The van der Waals surface area contributed by atoms with Gasteiger partial charge in [-0.05, 0) is 43.0 Å². The Bertz CT molecular complexity index is 374. The van der Waals surface area contributed by atoms with Crippen molar-refractivity contribution in [3.8, 4) is 5.75 Å². The molecule has 0 atom stereocenters. The van der Waals surface area contributed by atoms with Crippen LogP contribution in [0.15, 0.2) is 12.1 Å². The molecule has 0 radical (unpaired) electrons. The first-order chi connectivity index (χ1) is 7.04. The minimum atomic E-state index is 0.572. The van der Waals surface area contributed by atoms with Gasteiger partial charge in [0.1, 0.15) is 5.75 Å². The lowest BCUT2D eigenvalue weighted by molar-refractivity contribution is 0.411. The smallest absolute Gasteiger partial charge is 0.122 e. The third-order valence-corrected chi connectivity index (χ3v) is 2.70. The topological polar surface area (TPSA) is 35.2 Å². The zero-order valence-corrected chi connectivity index (χ0v) is 10.3. The summed E-state index contributed by atoms with van der Waals surface area (Å²) in [5.41, 5.74) is 9.17. The average Bonchev–Trinajstić information content (AvgIpc) is 2.18. The van der Waals surface area contributed by atoms with Crippen molar-refractivity contribution in [1.29, 1.82) is 0 Å². The molecule has 82 valence electrons. The predicted octanol–water partition coefficient (Wildman–Crippen LogP) is 2.53. The first-order valence-electron chi connectivity index (χ1n) is 4.97. The largest absolute Gasteiger partial charge is 0.496 e. The molecule has 2 N–H and O–H groups in total. The Labute approximate surface area is 96.4 Å². The van der Waals surface area contributed by atoms with E-state index in [1.165, 1.54) is 11.1 Å². The lowest BCUT2D eigenvalue weighted by Crippen LogP contribution is -2.09. The molecule has 0 saturated carbocycles. The maximum Gasteiger partial charge on any atom is 0.122 e. The second kappa shape index (κ2) is 5.12. The van der Waals surface area contributed by atoms with Crippen molar-refractivity contribution >= 4 is 17.2 Å². The van der Waals surface area contributed by atoms with Crippen molar-refractivity contribution in [2.75, 3.05) is 7.11 Å². The summed E-state index contributed by atoms with van der Waals surface area (Å²) in [7, 11) is 1.69. The van der Waals surface area contributed by atoms with Crippen LogP contribution in [-0.4, -0.2) is 12.1 Å². The Kier molecular flexibility index (Phi) is 4.09. The number of aryl methyl sites for hydroxylation is 3. The van der Waals surface area contributed by atoms with Crippen LogP contribution < -0.4 is 10.5 Å². The van der Waals surface area contributed by atoms with E-state index >= 15 is 0 Å². The molecule has 0 bridgehead atoms. The van der Waals surface area contributed by atoms with E-state index < -0.39 is 0 Å². The molecular weight excluding hydrogens is 206 g/mol. The van der Waals surface area contributed by atoms with E-state index in [1.54, 1.807) is 7.11 Å². The van der Waals surface area contributed by atoms with Gasteiger partial charge in [-0.3, -0.25) is 0 Å². The zero-order chi connectivity index (χ0) is 11.4. The number of methoxy groups -OCH3 is 1. The van der Waals surface area contributed by atoms with Crippen molar-refractivity contribution in [2.24, 2.45) is 5.73 Å². The van der Waals surface area contributed by atoms with Crippen LogP contribution in [0.1, 0.15) is 23.1 Å². The summed E-state index contributed by atoms with van der Waals surface area (Å²) in [4.78, 5) is 0.572. The summed E-state index contributed by atoms with van der Waals surface area (Å²) in [5.74, 6) is 0.937. The number of hydrogen-bond acceptors (Lipinski definition) is 2. The second-order valence-electron chi connectivity index (χ2n) is 3.71. The van der Waals surface area contributed by atoms with Gasteiger partial charge in [0.25, 0.3) is 0 Å². The van der Waals surface area contributed by atoms with Crippen molar-refractivity contribution in [3.63, 3.8) is 0 Å². The van der Waals surface area contributed by atoms with Crippen LogP contribution in [-0.2, 0) is 6.42 Å². The predicted molar refractivity (Wildman–Crippen MR) is 67.6 cm³/mol. The Morgan fingerprint density at radius 1 is 1.33 bits per heavy atom. The fourth-order valence-corrected chi connectivity index (χ4v) is 1.70. The van der Waals surface area contributed by atoms with Gasteiger partial charge >= 0.3 is 0 Å². The molecule has 0 amide bonds. The molecule has 0 aliphatic carbocycles. The third-order valence-electron chi connectivity index (χ3n) is 2.49. The molecule has 15 heavy (non-hydrogen) atoms. The van der Waals surface area contributed by atoms with E-state index in [9.17, 15) is 0 Å². The van der Waals surface area contributed by atoms with E-state index in [-0.39, 0.29) is 0 Å². The number of benzene rings is 1. The first-order valence-corrected chi connectivity index (χ1v) is 5.38. The molecule has 0 fully saturated rings. The normalized spacial score (nSPS) is 10.1. The summed E-state index contributed by atoms with van der Waals surface area (Å²) in [5, 5.41) is 0. The number of hydrogen-bond donors (Lipinski definition) is 1. The fraction of sp³-hybridized carbons (Fsp3) is 0.417. The molecule has 0 aliphatic heterocycles. The van der Waals surface area contributed by atoms with Gasteiger partial charge < -0.3 is 10.5 Å². The van der Waals surface area contributed by atoms with Gasteiger partial charge in [-0.2, -0.15) is 0 Å². The molecular formula is C12H17NOS. The maximum atomic E-state index is 5.49. The maximum absolute atomic E-state index is 5.49. The lowest BCUT2D eigenvalue weighted by atomic mass is 10.0. The van der Waals surface area contributed by atoms with Crippen molar-refractivity contribution in [1.82, 2.24) is 0 Å². The van der Waals surface area contributed by atoms with Gasteiger partial charge in [0.15, 0.2) is 0 Å². The Balaban J connectivity index is 2.90. The SMILES string of the molecule is COc1cc(C)c(CCC(N)=S)cc1C. The van der Waals surface area contributed by atoms with E-state index in [4.69, 9.17) is 22.7 Å². The van der Waals surface area contributed by atoms with Gasteiger partial charge in [0.2, 0.25) is 0 Å². The molecule has 0 aliphatic rings.